The maximum atomic E-state index is 11.0. The van der Waals surface area contributed by atoms with E-state index in [1.165, 1.54) is 6.07 Å². The Morgan fingerprint density at radius 1 is 1.27 bits per heavy atom. The van der Waals surface area contributed by atoms with Crippen LogP contribution in [-0.4, -0.2) is 18.1 Å². The van der Waals surface area contributed by atoms with Crippen molar-refractivity contribution >= 4 is 5.69 Å². The highest BCUT2D eigenvalue weighted by Gasteiger charge is 2.27. The number of nitro benzene ring substituents is 1. The molecule has 0 saturated heterocycles. The highest BCUT2D eigenvalue weighted by molar-refractivity contribution is 5.45. The van der Waals surface area contributed by atoms with Crippen LogP contribution in [0.5, 0.6) is 5.75 Å². The van der Waals surface area contributed by atoms with Crippen LogP contribution in [0.15, 0.2) is 42.5 Å². The zero-order chi connectivity index (χ0) is 15.7. The molecule has 0 fully saturated rings. The lowest BCUT2D eigenvalue weighted by molar-refractivity contribution is -0.385. The topological polar surface area (TPSA) is 61.6 Å². The van der Waals surface area contributed by atoms with E-state index in [4.69, 9.17) is 9.47 Å². The van der Waals surface area contributed by atoms with Gasteiger partial charge in [-0.2, -0.15) is 0 Å². The largest absolute Gasteiger partial charge is 0.497 e. The van der Waals surface area contributed by atoms with Crippen LogP contribution in [-0.2, 0) is 11.2 Å². The van der Waals surface area contributed by atoms with Crippen molar-refractivity contribution in [3.63, 3.8) is 0 Å². The minimum absolute atomic E-state index is 0.0452. The van der Waals surface area contributed by atoms with E-state index in [0.29, 0.717) is 0 Å². The summed E-state index contributed by atoms with van der Waals surface area (Å²) in [7, 11) is 1.64. The van der Waals surface area contributed by atoms with Crippen molar-refractivity contribution in [1.29, 1.82) is 0 Å². The highest BCUT2D eigenvalue weighted by Crippen LogP contribution is 2.37. The Kier molecular flexibility index (Phi) is 3.81. The van der Waals surface area contributed by atoms with Crippen molar-refractivity contribution in [2.24, 2.45) is 0 Å². The number of hydrogen-bond donors (Lipinski definition) is 0. The van der Waals surface area contributed by atoms with E-state index in [0.717, 1.165) is 28.9 Å². The summed E-state index contributed by atoms with van der Waals surface area (Å²) in [6.07, 6.45) is 0.561. The first-order chi connectivity index (χ1) is 10.6. The van der Waals surface area contributed by atoms with Crippen molar-refractivity contribution in [2.75, 3.05) is 7.11 Å². The maximum absolute atomic E-state index is 11.0. The lowest BCUT2D eigenvalue weighted by Crippen LogP contribution is -2.24. The molecule has 1 aliphatic heterocycles. The second-order valence-electron chi connectivity index (χ2n) is 5.45. The van der Waals surface area contributed by atoms with E-state index in [9.17, 15) is 10.1 Å². The molecule has 1 heterocycles. The van der Waals surface area contributed by atoms with Crippen LogP contribution >= 0.6 is 0 Å². The molecule has 114 valence electrons. The van der Waals surface area contributed by atoms with Gasteiger partial charge in [0.1, 0.15) is 11.9 Å². The SMILES string of the molecule is COc1ccc2c(c1)C[C@H](C)O[C@@H]2c1cccc([N+](=O)[O-])c1. The molecule has 0 spiro atoms. The number of nitro groups is 1. The molecule has 0 saturated carbocycles. The van der Waals surface area contributed by atoms with Crippen LogP contribution in [0.25, 0.3) is 0 Å². The fourth-order valence-corrected chi connectivity index (χ4v) is 2.86. The smallest absolute Gasteiger partial charge is 0.269 e. The number of methoxy groups -OCH3 is 1. The van der Waals surface area contributed by atoms with Crippen LogP contribution in [0, 0.1) is 10.1 Å². The second kappa shape index (κ2) is 5.77. The summed E-state index contributed by atoms with van der Waals surface area (Å²) in [6, 6.07) is 12.5. The molecule has 0 N–H and O–H groups in total. The number of non-ortho nitro benzene ring substituents is 1. The van der Waals surface area contributed by atoms with Gasteiger partial charge in [0, 0.05) is 12.1 Å². The predicted molar refractivity (Wildman–Crippen MR) is 82.2 cm³/mol. The number of nitrogens with zero attached hydrogens (tertiary/aromatic N) is 1. The Bertz CT molecular complexity index is 714. The van der Waals surface area contributed by atoms with E-state index in [1.54, 1.807) is 19.2 Å². The van der Waals surface area contributed by atoms with Crippen LogP contribution in [0.1, 0.15) is 29.7 Å². The normalized spacial score (nSPS) is 20.3. The molecule has 5 heteroatoms. The molecule has 0 unspecified atom stereocenters. The lowest BCUT2D eigenvalue weighted by atomic mass is 9.90. The van der Waals surface area contributed by atoms with E-state index >= 15 is 0 Å². The Morgan fingerprint density at radius 3 is 2.82 bits per heavy atom. The second-order valence-corrected chi connectivity index (χ2v) is 5.45. The van der Waals surface area contributed by atoms with Gasteiger partial charge in [0.05, 0.1) is 18.1 Å². The van der Waals surface area contributed by atoms with Crippen molar-refractivity contribution in [3.05, 3.63) is 69.3 Å². The van der Waals surface area contributed by atoms with Gasteiger partial charge in [-0.25, -0.2) is 0 Å². The quantitative estimate of drug-likeness (QED) is 0.641. The summed E-state index contributed by atoms with van der Waals surface area (Å²) in [6.45, 7) is 2.01. The molecule has 0 aromatic heterocycles. The first kappa shape index (κ1) is 14.5. The Morgan fingerprint density at radius 2 is 2.09 bits per heavy atom. The number of fused-ring (bicyclic) bond motifs is 1. The molecule has 1 aliphatic rings. The zero-order valence-electron chi connectivity index (χ0n) is 12.5. The van der Waals surface area contributed by atoms with Gasteiger partial charge in [0.25, 0.3) is 5.69 Å². The van der Waals surface area contributed by atoms with Crippen LogP contribution in [0.4, 0.5) is 5.69 Å². The van der Waals surface area contributed by atoms with Gasteiger partial charge >= 0.3 is 0 Å². The lowest BCUT2D eigenvalue weighted by Gasteiger charge is -2.31. The third kappa shape index (κ3) is 2.67. The van der Waals surface area contributed by atoms with Gasteiger partial charge in [0.15, 0.2) is 0 Å². The molecule has 3 rings (SSSR count). The fraction of sp³-hybridized carbons (Fsp3) is 0.294. The molecule has 0 bridgehead atoms. The standard InChI is InChI=1S/C17H17NO4/c1-11-8-13-10-15(21-2)6-7-16(13)17(22-11)12-4-3-5-14(9-12)18(19)20/h3-7,9-11,17H,8H2,1-2H3/t11-,17+/m0/s1. The summed E-state index contributed by atoms with van der Waals surface area (Å²) < 4.78 is 11.3. The van der Waals surface area contributed by atoms with Gasteiger partial charge in [-0.05, 0) is 42.2 Å². The van der Waals surface area contributed by atoms with Gasteiger partial charge in [-0.3, -0.25) is 10.1 Å². The number of ether oxygens (including phenoxy) is 2. The van der Waals surface area contributed by atoms with Gasteiger partial charge in [-0.1, -0.05) is 18.2 Å². The van der Waals surface area contributed by atoms with E-state index < -0.39 is 0 Å². The summed E-state index contributed by atoms with van der Waals surface area (Å²) >= 11 is 0. The van der Waals surface area contributed by atoms with Gasteiger partial charge in [-0.15, -0.1) is 0 Å². The Balaban J connectivity index is 2.05. The average Bonchev–Trinajstić information content (AvgIpc) is 2.53. The van der Waals surface area contributed by atoms with Crippen molar-refractivity contribution in [3.8, 4) is 5.75 Å². The maximum Gasteiger partial charge on any atom is 0.269 e. The molecular formula is C17H17NO4. The van der Waals surface area contributed by atoms with Crippen molar-refractivity contribution in [1.82, 2.24) is 0 Å². The van der Waals surface area contributed by atoms with Crippen LogP contribution in [0.3, 0.4) is 0 Å². The van der Waals surface area contributed by atoms with E-state index in [-0.39, 0.29) is 22.8 Å². The van der Waals surface area contributed by atoms with E-state index in [1.807, 2.05) is 31.2 Å². The molecule has 0 aliphatic carbocycles. The monoisotopic (exact) mass is 299 g/mol. The van der Waals surface area contributed by atoms with Crippen LogP contribution < -0.4 is 4.74 Å². The number of benzene rings is 2. The Hall–Kier alpha value is -2.40. The third-order valence-corrected chi connectivity index (χ3v) is 3.89. The molecular weight excluding hydrogens is 282 g/mol. The van der Waals surface area contributed by atoms with Gasteiger partial charge < -0.3 is 9.47 Å². The summed E-state index contributed by atoms with van der Waals surface area (Å²) in [4.78, 5) is 10.6. The van der Waals surface area contributed by atoms with Crippen molar-refractivity contribution in [2.45, 2.75) is 25.6 Å². The number of hydrogen-bond acceptors (Lipinski definition) is 4. The predicted octanol–water partition coefficient (Wildman–Crippen LogP) is 3.65. The number of rotatable bonds is 3. The third-order valence-electron chi connectivity index (χ3n) is 3.89. The molecule has 0 radical (unpaired) electrons. The Labute approximate surface area is 128 Å². The molecule has 5 nitrogen and oxygen atoms in total. The summed E-state index contributed by atoms with van der Waals surface area (Å²) in [5.74, 6) is 0.811. The summed E-state index contributed by atoms with van der Waals surface area (Å²) in [5.41, 5.74) is 3.08. The van der Waals surface area contributed by atoms with Crippen molar-refractivity contribution < 1.29 is 14.4 Å². The molecule has 2 atom stereocenters. The first-order valence-electron chi connectivity index (χ1n) is 7.15. The van der Waals surface area contributed by atoms with Gasteiger partial charge in [0.2, 0.25) is 0 Å². The summed E-state index contributed by atoms with van der Waals surface area (Å²) in [5, 5.41) is 11.0. The minimum atomic E-state index is -0.384. The molecule has 22 heavy (non-hydrogen) atoms. The molecule has 0 amide bonds. The zero-order valence-corrected chi connectivity index (χ0v) is 12.5. The first-order valence-corrected chi connectivity index (χ1v) is 7.15. The minimum Gasteiger partial charge on any atom is -0.497 e. The average molecular weight is 299 g/mol. The van der Waals surface area contributed by atoms with Crippen LogP contribution in [0.2, 0.25) is 0 Å². The molecule has 2 aromatic carbocycles. The highest BCUT2D eigenvalue weighted by atomic mass is 16.6. The molecule has 2 aromatic rings. The fourth-order valence-electron chi connectivity index (χ4n) is 2.86. The van der Waals surface area contributed by atoms with E-state index in [2.05, 4.69) is 0 Å².